The van der Waals surface area contributed by atoms with Crippen LogP contribution < -0.4 is 5.32 Å². The van der Waals surface area contributed by atoms with Gasteiger partial charge in [-0.1, -0.05) is 0 Å². The summed E-state index contributed by atoms with van der Waals surface area (Å²) in [6.07, 6.45) is 0.549. The van der Waals surface area contributed by atoms with E-state index >= 15 is 0 Å². The van der Waals surface area contributed by atoms with Crippen LogP contribution in [0.3, 0.4) is 0 Å². The average molecular weight is 278 g/mol. The quantitative estimate of drug-likeness (QED) is 0.708. The van der Waals surface area contributed by atoms with E-state index < -0.39 is 21.8 Å². The van der Waals surface area contributed by atoms with Crippen molar-refractivity contribution < 1.29 is 23.1 Å². The molecule has 7 nitrogen and oxygen atoms in total. The van der Waals surface area contributed by atoms with Gasteiger partial charge in [0.1, 0.15) is 6.54 Å². The largest absolute Gasteiger partial charge is 0.480 e. The molecule has 0 spiro atoms. The van der Waals surface area contributed by atoms with Crippen LogP contribution in [0.15, 0.2) is 0 Å². The van der Waals surface area contributed by atoms with Gasteiger partial charge in [-0.05, 0) is 19.3 Å². The van der Waals surface area contributed by atoms with Crippen molar-refractivity contribution >= 4 is 21.8 Å². The smallest absolute Gasteiger partial charge is 0.323 e. The topological polar surface area (TPSA) is 104 Å². The predicted octanol–water partition coefficient (Wildman–Crippen LogP) is -0.463. The zero-order valence-corrected chi connectivity index (χ0v) is 11.1. The van der Waals surface area contributed by atoms with Crippen LogP contribution in [0.4, 0.5) is 4.79 Å². The summed E-state index contributed by atoms with van der Waals surface area (Å²) in [4.78, 5) is 23.3. The molecule has 1 heterocycles. The molecule has 18 heavy (non-hydrogen) atoms. The summed E-state index contributed by atoms with van der Waals surface area (Å²) in [6.45, 7) is 1.89. The first-order valence-corrected chi connectivity index (χ1v) is 7.61. The predicted molar refractivity (Wildman–Crippen MR) is 65.0 cm³/mol. The second-order valence-electron chi connectivity index (χ2n) is 4.36. The SMILES string of the molecule is CCN(CC(=O)O)C(=O)NCC1CCS(=O)(=O)C1. The van der Waals surface area contributed by atoms with E-state index in [9.17, 15) is 18.0 Å². The number of urea groups is 1. The molecule has 0 aromatic rings. The Hall–Kier alpha value is -1.31. The van der Waals surface area contributed by atoms with Crippen molar-refractivity contribution in [2.45, 2.75) is 13.3 Å². The van der Waals surface area contributed by atoms with Gasteiger partial charge in [0, 0.05) is 13.1 Å². The standard InChI is InChI=1S/C10H18N2O5S/c1-2-12(6-9(13)14)10(15)11-5-8-3-4-18(16,17)7-8/h8H,2-7H2,1H3,(H,11,15)(H,13,14). The van der Waals surface area contributed by atoms with Crippen LogP contribution >= 0.6 is 0 Å². The van der Waals surface area contributed by atoms with Gasteiger partial charge in [0.05, 0.1) is 11.5 Å². The maximum atomic E-state index is 11.6. The Bertz CT molecular complexity index is 420. The van der Waals surface area contributed by atoms with E-state index in [1.165, 1.54) is 0 Å². The second-order valence-corrected chi connectivity index (χ2v) is 6.59. The van der Waals surface area contributed by atoms with E-state index in [1.54, 1.807) is 6.92 Å². The van der Waals surface area contributed by atoms with Crippen molar-refractivity contribution in [1.29, 1.82) is 0 Å². The normalized spacial score (nSPS) is 21.5. The fraction of sp³-hybridized carbons (Fsp3) is 0.800. The van der Waals surface area contributed by atoms with Gasteiger partial charge in [-0.3, -0.25) is 4.79 Å². The summed E-state index contributed by atoms with van der Waals surface area (Å²) in [5, 5.41) is 11.2. The van der Waals surface area contributed by atoms with Gasteiger partial charge < -0.3 is 15.3 Å². The van der Waals surface area contributed by atoms with Crippen LogP contribution in [0.1, 0.15) is 13.3 Å². The lowest BCUT2D eigenvalue weighted by atomic mass is 10.1. The Morgan fingerprint density at radius 2 is 2.11 bits per heavy atom. The summed E-state index contributed by atoms with van der Waals surface area (Å²) in [6, 6.07) is -0.468. The highest BCUT2D eigenvalue weighted by Crippen LogP contribution is 2.17. The summed E-state index contributed by atoms with van der Waals surface area (Å²) in [5.74, 6) is -0.878. The summed E-state index contributed by atoms with van der Waals surface area (Å²) in [7, 11) is -2.95. The highest BCUT2D eigenvalue weighted by Gasteiger charge is 2.28. The lowest BCUT2D eigenvalue weighted by Crippen LogP contribution is -2.44. The van der Waals surface area contributed by atoms with Gasteiger partial charge in [-0.2, -0.15) is 0 Å². The minimum Gasteiger partial charge on any atom is -0.480 e. The molecule has 1 atom stereocenters. The first-order chi connectivity index (χ1) is 8.34. The van der Waals surface area contributed by atoms with Crippen LogP contribution in [-0.4, -0.2) is 61.6 Å². The van der Waals surface area contributed by atoms with Gasteiger partial charge in [0.2, 0.25) is 0 Å². The third-order valence-electron chi connectivity index (χ3n) is 2.86. The minimum atomic E-state index is -2.95. The van der Waals surface area contributed by atoms with Gasteiger partial charge in [0.15, 0.2) is 9.84 Å². The van der Waals surface area contributed by atoms with Crippen molar-refractivity contribution in [3.8, 4) is 0 Å². The van der Waals surface area contributed by atoms with Crippen LogP contribution in [0.25, 0.3) is 0 Å². The number of sulfone groups is 1. The Morgan fingerprint density at radius 1 is 1.44 bits per heavy atom. The molecule has 0 aliphatic carbocycles. The first kappa shape index (κ1) is 14.7. The number of likely N-dealkylation sites (N-methyl/N-ethyl adjacent to an activating group) is 1. The monoisotopic (exact) mass is 278 g/mol. The molecule has 1 aliphatic rings. The number of carboxylic acids is 1. The van der Waals surface area contributed by atoms with Crippen LogP contribution in [0, 0.1) is 5.92 Å². The number of rotatable bonds is 5. The number of carbonyl (C=O) groups is 2. The molecule has 1 unspecified atom stereocenters. The van der Waals surface area contributed by atoms with Crippen LogP contribution in [0.5, 0.6) is 0 Å². The molecule has 0 aromatic heterocycles. The minimum absolute atomic E-state index is 0.0671. The van der Waals surface area contributed by atoms with Crippen molar-refractivity contribution in [2.24, 2.45) is 5.92 Å². The molecule has 2 amide bonds. The molecule has 0 bridgehead atoms. The fourth-order valence-corrected chi connectivity index (χ4v) is 3.73. The third-order valence-corrected chi connectivity index (χ3v) is 4.70. The third kappa shape index (κ3) is 4.52. The number of aliphatic carboxylic acids is 1. The molecule has 0 aromatic carbocycles. The molecule has 0 radical (unpaired) electrons. The maximum Gasteiger partial charge on any atom is 0.323 e. The van der Waals surface area contributed by atoms with Gasteiger partial charge >= 0.3 is 12.0 Å². The van der Waals surface area contributed by atoms with Crippen molar-refractivity contribution in [3.05, 3.63) is 0 Å². The lowest BCUT2D eigenvalue weighted by Gasteiger charge is -2.20. The van der Waals surface area contributed by atoms with Gasteiger partial charge in [-0.25, -0.2) is 13.2 Å². The summed E-state index contributed by atoms with van der Waals surface area (Å²) in [5.41, 5.74) is 0. The van der Waals surface area contributed by atoms with E-state index in [2.05, 4.69) is 5.32 Å². The van der Waals surface area contributed by atoms with Crippen molar-refractivity contribution in [3.63, 3.8) is 0 Å². The Kier molecular flexibility index (Phi) is 4.94. The molecular formula is C10H18N2O5S. The van der Waals surface area contributed by atoms with E-state index in [-0.39, 0.29) is 30.5 Å². The van der Waals surface area contributed by atoms with Crippen molar-refractivity contribution in [1.82, 2.24) is 10.2 Å². The summed E-state index contributed by atoms with van der Waals surface area (Å²) >= 11 is 0. The molecule has 2 N–H and O–H groups in total. The average Bonchev–Trinajstić information content (AvgIpc) is 2.62. The van der Waals surface area contributed by atoms with E-state index in [0.717, 1.165) is 4.90 Å². The van der Waals surface area contributed by atoms with E-state index in [4.69, 9.17) is 5.11 Å². The molecular weight excluding hydrogens is 260 g/mol. The number of hydrogen-bond donors (Lipinski definition) is 2. The van der Waals surface area contributed by atoms with E-state index in [0.29, 0.717) is 13.0 Å². The molecule has 0 saturated carbocycles. The number of hydrogen-bond acceptors (Lipinski definition) is 4. The first-order valence-electron chi connectivity index (χ1n) is 5.79. The van der Waals surface area contributed by atoms with Crippen LogP contribution in [-0.2, 0) is 14.6 Å². The Morgan fingerprint density at radius 3 is 2.56 bits per heavy atom. The number of carboxylic acid groups (broad SMARTS) is 1. The van der Waals surface area contributed by atoms with E-state index in [1.807, 2.05) is 0 Å². The molecule has 1 rings (SSSR count). The fourth-order valence-electron chi connectivity index (χ4n) is 1.87. The number of amides is 2. The van der Waals surface area contributed by atoms with Crippen molar-refractivity contribution in [2.75, 3.05) is 31.1 Å². The Balaban J connectivity index is 2.38. The second kappa shape index (κ2) is 6.03. The Labute approximate surface area is 106 Å². The molecule has 104 valence electrons. The molecule has 8 heteroatoms. The highest BCUT2D eigenvalue weighted by molar-refractivity contribution is 7.91. The summed E-state index contributed by atoms with van der Waals surface area (Å²) < 4.78 is 22.4. The molecule has 1 fully saturated rings. The number of carbonyl (C=O) groups excluding carboxylic acids is 1. The zero-order valence-electron chi connectivity index (χ0n) is 10.3. The molecule has 1 aliphatic heterocycles. The lowest BCUT2D eigenvalue weighted by molar-refractivity contribution is -0.137. The van der Waals surface area contributed by atoms with Gasteiger partial charge in [0.25, 0.3) is 0 Å². The maximum absolute atomic E-state index is 11.6. The zero-order chi connectivity index (χ0) is 13.8. The number of nitrogens with one attached hydrogen (secondary N) is 1. The highest BCUT2D eigenvalue weighted by atomic mass is 32.2. The molecule has 1 saturated heterocycles. The van der Waals surface area contributed by atoms with Crippen LogP contribution in [0.2, 0.25) is 0 Å². The van der Waals surface area contributed by atoms with Gasteiger partial charge in [-0.15, -0.1) is 0 Å². The number of nitrogens with zero attached hydrogens (tertiary/aromatic N) is 1.